The number of rotatable bonds is 16. The van der Waals surface area contributed by atoms with E-state index in [1.165, 1.54) is 15.7 Å². The molecule has 3 aliphatic rings. The minimum Gasteiger partial charge on any atom is -0.414 e. The van der Waals surface area contributed by atoms with E-state index >= 15 is 0 Å². The van der Waals surface area contributed by atoms with Crippen molar-refractivity contribution < 1.29 is 40.5 Å². The number of nitrogens with zero attached hydrogens (tertiary/aromatic N) is 3. The maximum absolute atomic E-state index is 14.6. The van der Waals surface area contributed by atoms with Crippen molar-refractivity contribution in [2.75, 3.05) is 19.7 Å². The molecule has 2 saturated heterocycles. The van der Waals surface area contributed by atoms with Gasteiger partial charge in [0.25, 0.3) is 15.7 Å². The first-order valence-corrected chi connectivity index (χ1v) is 29.5. The first kappa shape index (κ1) is 51.5. The number of hydrogen-bond donors (Lipinski definition) is 3. The van der Waals surface area contributed by atoms with E-state index < -0.39 is 86.1 Å². The first-order valence-electron chi connectivity index (χ1n) is 22.2. The molecule has 1 spiro atoms. The number of likely N-dealkylation sites (tertiary alicyclic amines) is 1. The van der Waals surface area contributed by atoms with Gasteiger partial charge in [0.05, 0.1) is 36.5 Å². The van der Waals surface area contributed by atoms with Gasteiger partial charge in [-0.2, -0.15) is 8.42 Å². The van der Waals surface area contributed by atoms with E-state index in [-0.39, 0.29) is 72.2 Å². The van der Waals surface area contributed by atoms with E-state index in [1.807, 2.05) is 78.0 Å². The quantitative estimate of drug-likeness (QED) is 0.122. The standard InChI is InChI=1S/C44H72N6O11SSi2/c1-28(2)35(46)39(53)49-24-31(57-25-30-18-15-14-16-19-30)22-32(49)37(51)47-20-17-21-48-38(52)29(3)23-50(41(48)54)40-36(60-64(12,13)43(7,8)9)44(33(45)27-62(55,56)61-44)34(59-40)26-58-63(10,11)42(4,5)6/h14-16,18-19,23,27-28,31-32,34-36,40H,17,20-22,24-26,45-46H2,1-13H3,(H,47,51)/t31-,32+,34?,35+,36?,40?,44?/m1/s1. The number of ether oxygens (including phenoxy) is 2. The molecule has 2 aromatic rings. The van der Waals surface area contributed by atoms with Crippen LogP contribution in [0.1, 0.15) is 85.6 Å². The Hall–Kier alpha value is -3.48. The smallest absolute Gasteiger partial charge is 0.333 e. The monoisotopic (exact) mass is 948 g/mol. The van der Waals surface area contributed by atoms with Crippen LogP contribution in [0.3, 0.4) is 0 Å². The Morgan fingerprint density at radius 1 is 1.02 bits per heavy atom. The van der Waals surface area contributed by atoms with Crippen LogP contribution in [-0.2, 0) is 55.4 Å². The maximum atomic E-state index is 14.6. The van der Waals surface area contributed by atoms with Gasteiger partial charge >= 0.3 is 5.69 Å². The van der Waals surface area contributed by atoms with E-state index in [4.69, 9.17) is 34.0 Å². The summed E-state index contributed by atoms with van der Waals surface area (Å²) < 4.78 is 61.3. The molecule has 0 aliphatic carbocycles. The highest BCUT2D eigenvalue weighted by Gasteiger charge is 2.67. The number of nitrogens with one attached hydrogen (secondary N) is 1. The van der Waals surface area contributed by atoms with Gasteiger partial charge in [0.15, 0.2) is 28.5 Å². The van der Waals surface area contributed by atoms with E-state index in [0.717, 1.165) is 15.5 Å². The van der Waals surface area contributed by atoms with Crippen molar-refractivity contribution in [1.29, 1.82) is 0 Å². The lowest BCUT2D eigenvalue weighted by Gasteiger charge is -2.43. The van der Waals surface area contributed by atoms with E-state index in [9.17, 15) is 27.6 Å². The van der Waals surface area contributed by atoms with Crippen LogP contribution in [-0.4, -0.2) is 107 Å². The third-order valence-corrected chi connectivity index (χ3v) is 23.8. The predicted octanol–water partition coefficient (Wildman–Crippen LogP) is 4.20. The van der Waals surface area contributed by atoms with Gasteiger partial charge in [0.1, 0.15) is 18.2 Å². The molecule has 1 aromatic carbocycles. The van der Waals surface area contributed by atoms with Crippen molar-refractivity contribution in [3.63, 3.8) is 0 Å². The molecule has 64 heavy (non-hydrogen) atoms. The highest BCUT2D eigenvalue weighted by Crippen LogP contribution is 2.52. The zero-order valence-electron chi connectivity index (χ0n) is 39.9. The fourth-order valence-corrected chi connectivity index (χ4v) is 11.1. The third kappa shape index (κ3) is 10.7. The summed E-state index contributed by atoms with van der Waals surface area (Å²) >= 11 is 0. The molecule has 3 aliphatic heterocycles. The van der Waals surface area contributed by atoms with Crippen molar-refractivity contribution in [3.8, 4) is 0 Å². The van der Waals surface area contributed by atoms with Crippen LogP contribution < -0.4 is 28.0 Å². The van der Waals surface area contributed by atoms with Gasteiger partial charge in [-0.3, -0.25) is 23.5 Å². The van der Waals surface area contributed by atoms with Crippen molar-refractivity contribution >= 4 is 38.6 Å². The molecule has 4 heterocycles. The molecule has 358 valence electrons. The van der Waals surface area contributed by atoms with Crippen LogP contribution in [0.15, 0.2) is 57.2 Å². The number of carbonyl (C=O) groups excluding carboxylic acids is 2. The Morgan fingerprint density at radius 2 is 1.64 bits per heavy atom. The number of hydrogen-bond acceptors (Lipinski definition) is 13. The van der Waals surface area contributed by atoms with Crippen LogP contribution in [0.2, 0.25) is 36.3 Å². The molecule has 2 fully saturated rings. The van der Waals surface area contributed by atoms with Gasteiger partial charge < -0.3 is 40.0 Å². The van der Waals surface area contributed by atoms with E-state index in [1.54, 1.807) is 6.92 Å². The molecule has 5 N–H and O–H groups in total. The first-order chi connectivity index (χ1) is 29.4. The summed E-state index contributed by atoms with van der Waals surface area (Å²) in [5, 5.41) is 3.17. The van der Waals surface area contributed by atoms with Gasteiger partial charge in [0.2, 0.25) is 11.8 Å². The van der Waals surface area contributed by atoms with Crippen molar-refractivity contribution in [2.24, 2.45) is 17.4 Å². The molecule has 1 aromatic heterocycles. The molecule has 7 atom stereocenters. The molecular weight excluding hydrogens is 877 g/mol. The molecule has 20 heteroatoms. The largest absolute Gasteiger partial charge is 0.414 e. The molecule has 0 saturated carbocycles. The summed E-state index contributed by atoms with van der Waals surface area (Å²) in [5.74, 6) is -0.894. The zero-order valence-corrected chi connectivity index (χ0v) is 42.7. The number of aryl methyl sites for hydroxylation is 1. The van der Waals surface area contributed by atoms with Crippen molar-refractivity contribution in [3.05, 3.63) is 79.6 Å². The topological polar surface area (TPSA) is 226 Å². The number of aromatic nitrogens is 2. The minimum absolute atomic E-state index is 0.0724. The van der Waals surface area contributed by atoms with Gasteiger partial charge in [-0.25, -0.2) is 8.98 Å². The second-order valence-electron chi connectivity index (χ2n) is 20.9. The van der Waals surface area contributed by atoms with Gasteiger partial charge in [-0.05, 0) is 61.1 Å². The second kappa shape index (κ2) is 19.0. The lowest BCUT2D eigenvalue weighted by molar-refractivity contribution is -0.140. The fraction of sp³-hybridized carbons (Fsp3) is 0.682. The summed E-state index contributed by atoms with van der Waals surface area (Å²) in [5.41, 5.74) is 10.8. The van der Waals surface area contributed by atoms with Crippen LogP contribution in [0.5, 0.6) is 0 Å². The van der Waals surface area contributed by atoms with Crippen molar-refractivity contribution in [2.45, 2.75) is 167 Å². The van der Waals surface area contributed by atoms with E-state index in [0.29, 0.717) is 6.61 Å². The molecule has 0 radical (unpaired) electrons. The summed E-state index contributed by atoms with van der Waals surface area (Å²) in [4.78, 5) is 57.1. The Balaban J connectivity index is 1.42. The molecule has 5 rings (SSSR count). The zero-order chi connectivity index (χ0) is 48.0. The van der Waals surface area contributed by atoms with Crippen LogP contribution in [0.25, 0.3) is 0 Å². The lowest BCUT2D eigenvalue weighted by Crippen LogP contribution is -2.59. The average molecular weight is 949 g/mol. The summed E-state index contributed by atoms with van der Waals surface area (Å²) in [6, 6.07) is 7.98. The third-order valence-electron chi connectivity index (χ3n) is 13.7. The molecule has 0 bridgehead atoms. The lowest BCUT2D eigenvalue weighted by atomic mass is 9.89. The molecule has 4 unspecified atom stereocenters. The fourth-order valence-electron chi connectivity index (χ4n) is 7.59. The summed E-state index contributed by atoms with van der Waals surface area (Å²) in [6.07, 6.45) is -2.29. The number of nitrogens with two attached hydrogens (primary N) is 2. The second-order valence-corrected chi connectivity index (χ2v) is 31.8. The normalized spacial score (nSPS) is 25.6. The van der Waals surface area contributed by atoms with Crippen LogP contribution >= 0.6 is 0 Å². The van der Waals surface area contributed by atoms with Crippen LogP contribution in [0.4, 0.5) is 0 Å². The predicted molar refractivity (Wildman–Crippen MR) is 249 cm³/mol. The number of benzene rings is 1. The summed E-state index contributed by atoms with van der Waals surface area (Å²) in [7, 11) is -9.60. The minimum atomic E-state index is -4.32. The molecule has 2 amide bonds. The Bertz CT molecular complexity index is 2290. The summed E-state index contributed by atoms with van der Waals surface area (Å²) in [6.45, 7) is 26.0. The number of amides is 2. The SMILES string of the molecule is Cc1cn(C2OC(CO[Si](C)(C)C(C)(C)C)C3(OS(=O)(=O)C=C3N)C2O[Si](C)(C)C(C)(C)C)c(=O)n(CCCNC(=O)[C@@H]2C[C@@H](OCc3ccccc3)CN2C(=O)[C@@H](N)C(C)C)c1=O. The highest BCUT2D eigenvalue weighted by molar-refractivity contribution is 7.90. The van der Waals surface area contributed by atoms with Crippen LogP contribution in [0, 0.1) is 12.8 Å². The Morgan fingerprint density at radius 3 is 2.20 bits per heavy atom. The van der Waals surface area contributed by atoms with Crippen molar-refractivity contribution in [1.82, 2.24) is 19.4 Å². The average Bonchev–Trinajstić information content (AvgIpc) is 3.83. The maximum Gasteiger partial charge on any atom is 0.333 e. The van der Waals surface area contributed by atoms with Gasteiger partial charge in [-0.1, -0.05) is 85.7 Å². The highest BCUT2D eigenvalue weighted by atomic mass is 32.2. The molecule has 17 nitrogen and oxygen atoms in total. The Labute approximate surface area is 380 Å². The van der Waals surface area contributed by atoms with Gasteiger partial charge in [0, 0.05) is 37.8 Å². The number of carbonyl (C=O) groups is 2. The van der Waals surface area contributed by atoms with Gasteiger partial charge in [-0.15, -0.1) is 0 Å². The Kier molecular flexibility index (Phi) is 15.3. The van der Waals surface area contributed by atoms with E-state index in [2.05, 4.69) is 39.2 Å². The molecular formula is C44H72N6O11SSi2.